The Kier molecular flexibility index (Phi) is 5.10. The van der Waals surface area contributed by atoms with Gasteiger partial charge in [0, 0.05) is 39.1 Å². The lowest BCUT2D eigenvalue weighted by atomic mass is 9.98. The maximum absolute atomic E-state index is 14.2. The molecule has 3 heterocycles. The van der Waals surface area contributed by atoms with Gasteiger partial charge in [-0.05, 0) is 36.2 Å². The summed E-state index contributed by atoms with van der Waals surface area (Å²) < 4.78 is 14.2. The van der Waals surface area contributed by atoms with Crippen LogP contribution in [-0.4, -0.2) is 53.5 Å². The van der Waals surface area contributed by atoms with Gasteiger partial charge in [-0.2, -0.15) is 4.39 Å². The summed E-state index contributed by atoms with van der Waals surface area (Å²) in [5, 5.41) is 0. The predicted molar refractivity (Wildman–Crippen MR) is 108 cm³/mol. The molecule has 0 aliphatic carbocycles. The molecule has 2 aliphatic heterocycles. The van der Waals surface area contributed by atoms with E-state index in [2.05, 4.69) is 20.9 Å². The Labute approximate surface area is 168 Å². The average Bonchev–Trinajstić information content (AvgIpc) is 2.70. The number of fused-ring (bicyclic) bond motifs is 1. The zero-order valence-electron chi connectivity index (χ0n) is 16.2. The van der Waals surface area contributed by atoms with Crippen LogP contribution >= 0.6 is 0 Å². The van der Waals surface area contributed by atoms with Crippen LogP contribution in [0.4, 0.5) is 15.8 Å². The minimum Gasteiger partial charge on any atom is -0.365 e. The lowest BCUT2D eigenvalue weighted by molar-refractivity contribution is -0.112. The largest absolute Gasteiger partial charge is 0.365 e. The molecule has 1 aromatic heterocycles. The lowest BCUT2D eigenvalue weighted by Crippen LogP contribution is -2.46. The van der Waals surface area contributed by atoms with Crippen molar-refractivity contribution in [1.82, 2.24) is 9.88 Å². The number of primary amides is 1. The lowest BCUT2D eigenvalue weighted by Gasteiger charge is -2.36. The first-order valence-electron chi connectivity index (χ1n) is 9.54. The topological polar surface area (TPSA) is 91.9 Å². The number of halogens is 1. The first-order chi connectivity index (χ1) is 13.9. The normalized spacial score (nSPS) is 17.1. The number of piperazine rings is 1. The molecule has 2 aromatic rings. The molecule has 2 N–H and O–H groups in total. The fourth-order valence-corrected chi connectivity index (χ4v) is 3.74. The van der Waals surface area contributed by atoms with Gasteiger partial charge in [-0.1, -0.05) is 12.1 Å². The SMILES string of the molecule is CC1=Nc2ccc(CN3CCN(c4ccc(C(N)=O)nc4F)CC3)cc2CC1=O. The van der Waals surface area contributed by atoms with Gasteiger partial charge in [0.15, 0.2) is 5.78 Å². The van der Waals surface area contributed by atoms with E-state index in [9.17, 15) is 14.0 Å². The predicted octanol–water partition coefficient (Wildman–Crippen LogP) is 1.86. The molecule has 1 amide bonds. The van der Waals surface area contributed by atoms with Gasteiger partial charge in [0.1, 0.15) is 5.69 Å². The van der Waals surface area contributed by atoms with Crippen LogP contribution in [0.5, 0.6) is 0 Å². The van der Waals surface area contributed by atoms with Gasteiger partial charge in [-0.25, -0.2) is 9.98 Å². The number of carbonyl (C=O) groups excluding carboxylic acids is 2. The number of nitrogens with two attached hydrogens (primary N) is 1. The number of pyridine rings is 1. The zero-order valence-corrected chi connectivity index (χ0v) is 16.2. The molecule has 29 heavy (non-hydrogen) atoms. The minimum absolute atomic E-state index is 0.0706. The van der Waals surface area contributed by atoms with Gasteiger partial charge in [0.2, 0.25) is 5.95 Å². The fraction of sp³-hybridized carbons (Fsp3) is 0.333. The van der Waals surface area contributed by atoms with Crippen LogP contribution in [0.15, 0.2) is 35.3 Å². The molecule has 0 atom stereocenters. The summed E-state index contributed by atoms with van der Waals surface area (Å²) in [6.07, 6.45) is 0.403. The van der Waals surface area contributed by atoms with Gasteiger partial charge in [0.25, 0.3) is 5.91 Å². The number of ketones is 1. The molecule has 1 saturated heterocycles. The number of hydrogen-bond donors (Lipinski definition) is 1. The summed E-state index contributed by atoms with van der Waals surface area (Å²) in [7, 11) is 0. The molecule has 0 bridgehead atoms. The van der Waals surface area contributed by atoms with Crippen molar-refractivity contribution < 1.29 is 14.0 Å². The highest BCUT2D eigenvalue weighted by Crippen LogP contribution is 2.27. The number of carbonyl (C=O) groups is 2. The summed E-state index contributed by atoms with van der Waals surface area (Å²) in [6, 6.07) is 9.08. The van der Waals surface area contributed by atoms with Crippen molar-refractivity contribution in [3.63, 3.8) is 0 Å². The van der Waals surface area contributed by atoms with Crippen LogP contribution in [0.3, 0.4) is 0 Å². The van der Waals surface area contributed by atoms with Crippen molar-refractivity contribution in [2.75, 3.05) is 31.1 Å². The van der Waals surface area contributed by atoms with Crippen LogP contribution in [0.2, 0.25) is 0 Å². The quantitative estimate of drug-likeness (QED) is 0.798. The molecular weight excluding hydrogens is 373 g/mol. The number of aromatic nitrogens is 1. The van der Waals surface area contributed by atoms with Crippen molar-refractivity contribution in [3.05, 3.63) is 53.1 Å². The van der Waals surface area contributed by atoms with E-state index in [1.807, 2.05) is 17.0 Å². The fourth-order valence-electron chi connectivity index (χ4n) is 3.74. The Bertz CT molecular complexity index is 1010. The summed E-state index contributed by atoms with van der Waals surface area (Å²) in [6.45, 7) is 5.36. The van der Waals surface area contributed by atoms with Crippen LogP contribution in [0, 0.1) is 5.95 Å². The van der Waals surface area contributed by atoms with Crippen molar-refractivity contribution >= 4 is 28.8 Å². The number of nitrogens with zero attached hydrogens (tertiary/aromatic N) is 4. The summed E-state index contributed by atoms with van der Waals surface area (Å²) in [5.41, 5.74) is 9.00. The smallest absolute Gasteiger partial charge is 0.267 e. The standard InChI is InChI=1S/C21H22FN5O2/c1-13-19(28)11-15-10-14(2-3-16(15)24-13)12-26-6-8-27(9-7-26)18-5-4-17(21(23)29)25-20(18)22/h2-5,10H,6-9,11-12H2,1H3,(H2,23,29). The number of amides is 1. The molecule has 4 rings (SSSR count). The maximum Gasteiger partial charge on any atom is 0.267 e. The van der Waals surface area contributed by atoms with Crippen LogP contribution in [0.1, 0.15) is 28.5 Å². The van der Waals surface area contributed by atoms with E-state index in [1.165, 1.54) is 6.07 Å². The molecule has 8 heteroatoms. The van der Waals surface area contributed by atoms with E-state index in [0.29, 0.717) is 30.9 Å². The Morgan fingerprint density at radius 3 is 2.62 bits per heavy atom. The number of aliphatic imine (C=N–C) groups is 1. The number of Topliss-reactive ketones (excluding diaryl/α,β-unsaturated/α-hetero) is 1. The highest BCUT2D eigenvalue weighted by molar-refractivity contribution is 6.40. The number of rotatable bonds is 4. The van der Waals surface area contributed by atoms with Crippen molar-refractivity contribution in [1.29, 1.82) is 0 Å². The summed E-state index contributed by atoms with van der Waals surface area (Å²) >= 11 is 0. The van der Waals surface area contributed by atoms with Gasteiger partial charge < -0.3 is 10.6 Å². The van der Waals surface area contributed by atoms with Crippen molar-refractivity contribution in [2.24, 2.45) is 10.7 Å². The molecule has 2 aliphatic rings. The van der Waals surface area contributed by atoms with Crippen LogP contribution in [0.25, 0.3) is 0 Å². The maximum atomic E-state index is 14.2. The Morgan fingerprint density at radius 1 is 1.17 bits per heavy atom. The van der Waals surface area contributed by atoms with E-state index < -0.39 is 11.9 Å². The highest BCUT2D eigenvalue weighted by Gasteiger charge is 2.22. The second kappa shape index (κ2) is 7.71. The van der Waals surface area contributed by atoms with E-state index >= 15 is 0 Å². The summed E-state index contributed by atoms with van der Waals surface area (Å²) in [5.74, 6) is -1.35. The molecule has 1 aromatic carbocycles. The van der Waals surface area contributed by atoms with Gasteiger partial charge in [0.05, 0.1) is 17.1 Å². The number of hydrogen-bond acceptors (Lipinski definition) is 6. The molecule has 0 radical (unpaired) electrons. The van der Waals surface area contributed by atoms with E-state index in [-0.39, 0.29) is 11.5 Å². The highest BCUT2D eigenvalue weighted by atomic mass is 19.1. The van der Waals surface area contributed by atoms with Gasteiger partial charge in [-0.15, -0.1) is 0 Å². The molecule has 0 spiro atoms. The van der Waals surface area contributed by atoms with E-state index in [0.717, 1.165) is 36.4 Å². The Hall–Kier alpha value is -3.13. The third kappa shape index (κ3) is 4.02. The first kappa shape index (κ1) is 19.2. The molecule has 0 saturated carbocycles. The molecule has 1 fully saturated rings. The third-order valence-corrected chi connectivity index (χ3v) is 5.39. The second-order valence-electron chi connectivity index (χ2n) is 7.39. The van der Waals surface area contributed by atoms with Crippen LogP contribution in [-0.2, 0) is 17.8 Å². The minimum atomic E-state index is -0.743. The molecule has 0 unspecified atom stereocenters. The number of benzene rings is 1. The Morgan fingerprint density at radius 2 is 1.93 bits per heavy atom. The van der Waals surface area contributed by atoms with Gasteiger partial charge in [-0.3, -0.25) is 14.5 Å². The third-order valence-electron chi connectivity index (χ3n) is 5.39. The summed E-state index contributed by atoms with van der Waals surface area (Å²) in [4.78, 5) is 35.3. The van der Waals surface area contributed by atoms with Gasteiger partial charge >= 0.3 is 0 Å². The molecule has 7 nitrogen and oxygen atoms in total. The van der Waals surface area contributed by atoms with Crippen molar-refractivity contribution in [2.45, 2.75) is 19.9 Å². The first-order valence-corrected chi connectivity index (χ1v) is 9.54. The second-order valence-corrected chi connectivity index (χ2v) is 7.39. The monoisotopic (exact) mass is 395 g/mol. The zero-order chi connectivity index (χ0) is 20.5. The van der Waals surface area contributed by atoms with E-state index in [1.54, 1.807) is 13.0 Å². The molecular formula is C21H22FN5O2. The van der Waals surface area contributed by atoms with E-state index in [4.69, 9.17) is 5.73 Å². The molecule has 150 valence electrons. The van der Waals surface area contributed by atoms with Crippen molar-refractivity contribution in [3.8, 4) is 0 Å². The van der Waals surface area contributed by atoms with Crippen LogP contribution < -0.4 is 10.6 Å². The average molecular weight is 395 g/mol. The number of anilines is 1. The Balaban J connectivity index is 1.39.